The fourth-order valence-corrected chi connectivity index (χ4v) is 1.54. The van der Waals surface area contributed by atoms with Crippen LogP contribution in [0.1, 0.15) is 30.9 Å². The van der Waals surface area contributed by atoms with Crippen molar-refractivity contribution in [3.05, 3.63) is 35.4 Å². The second-order valence-electron chi connectivity index (χ2n) is 4.25. The quantitative estimate of drug-likeness (QED) is 0.719. The predicted octanol–water partition coefficient (Wildman–Crippen LogP) is 2.72. The van der Waals surface area contributed by atoms with Gasteiger partial charge in [-0.05, 0) is 31.7 Å². The zero-order valence-corrected chi connectivity index (χ0v) is 10.3. The van der Waals surface area contributed by atoms with E-state index in [1.165, 1.54) is 11.1 Å². The van der Waals surface area contributed by atoms with Gasteiger partial charge in [-0.3, -0.25) is 0 Å². The summed E-state index contributed by atoms with van der Waals surface area (Å²) in [5.41, 5.74) is 2.55. The molecule has 1 N–H and O–H groups in total. The Morgan fingerprint density at radius 1 is 1.25 bits per heavy atom. The molecule has 0 aliphatic heterocycles. The van der Waals surface area contributed by atoms with Crippen LogP contribution in [0, 0.1) is 6.92 Å². The topological polar surface area (TPSA) is 29.5 Å². The molecule has 0 aliphatic rings. The minimum absolute atomic E-state index is 0.340. The molecule has 0 amide bonds. The molecule has 0 aromatic heterocycles. The van der Waals surface area contributed by atoms with Crippen LogP contribution in [0.3, 0.4) is 0 Å². The van der Waals surface area contributed by atoms with Crippen molar-refractivity contribution in [3.63, 3.8) is 0 Å². The first-order valence-corrected chi connectivity index (χ1v) is 6.03. The molecule has 1 rings (SSSR count). The van der Waals surface area contributed by atoms with Crippen LogP contribution in [0.2, 0.25) is 0 Å². The normalized spacial score (nSPS) is 12.7. The van der Waals surface area contributed by atoms with E-state index < -0.39 is 0 Å². The van der Waals surface area contributed by atoms with Gasteiger partial charge in [-0.1, -0.05) is 36.8 Å². The Hall–Kier alpha value is -0.860. The predicted molar refractivity (Wildman–Crippen MR) is 66.6 cm³/mol. The summed E-state index contributed by atoms with van der Waals surface area (Å²) in [6.07, 6.45) is 2.35. The van der Waals surface area contributed by atoms with E-state index in [-0.39, 0.29) is 6.10 Å². The first-order valence-electron chi connectivity index (χ1n) is 6.03. The largest absolute Gasteiger partial charge is 0.391 e. The summed E-state index contributed by atoms with van der Waals surface area (Å²) in [5, 5.41) is 9.67. The molecule has 0 saturated carbocycles. The van der Waals surface area contributed by atoms with Crippen LogP contribution in [-0.2, 0) is 11.2 Å². The van der Waals surface area contributed by atoms with Gasteiger partial charge in [0, 0.05) is 6.61 Å². The summed E-state index contributed by atoms with van der Waals surface area (Å²) < 4.78 is 5.30. The van der Waals surface area contributed by atoms with Crippen molar-refractivity contribution in [1.29, 1.82) is 0 Å². The van der Waals surface area contributed by atoms with Crippen molar-refractivity contribution in [1.82, 2.24) is 0 Å². The number of aryl methyl sites for hydroxylation is 2. The summed E-state index contributed by atoms with van der Waals surface area (Å²) in [6, 6.07) is 8.45. The van der Waals surface area contributed by atoms with Crippen LogP contribution in [0.25, 0.3) is 0 Å². The van der Waals surface area contributed by atoms with Crippen molar-refractivity contribution >= 4 is 0 Å². The molecule has 0 spiro atoms. The molecular formula is C14H22O2. The smallest absolute Gasteiger partial charge is 0.0776 e. The third kappa shape index (κ3) is 5.29. The number of hydrogen-bond donors (Lipinski definition) is 1. The molecule has 1 aromatic rings. The van der Waals surface area contributed by atoms with Gasteiger partial charge >= 0.3 is 0 Å². The standard InChI is InChI=1S/C14H22O2/c1-3-10-16-11-14(15)9-8-13-6-4-12(2)5-7-13/h4-7,14-15H,3,8-11H2,1-2H3. The average Bonchev–Trinajstić information content (AvgIpc) is 2.29. The molecule has 2 heteroatoms. The number of aliphatic hydroxyl groups is 1. The lowest BCUT2D eigenvalue weighted by Crippen LogP contribution is -2.16. The molecule has 0 fully saturated rings. The van der Waals surface area contributed by atoms with E-state index in [0.29, 0.717) is 6.61 Å². The Morgan fingerprint density at radius 3 is 2.56 bits per heavy atom. The maximum Gasteiger partial charge on any atom is 0.0776 e. The third-order valence-electron chi connectivity index (χ3n) is 2.55. The number of hydrogen-bond acceptors (Lipinski definition) is 2. The second-order valence-corrected chi connectivity index (χ2v) is 4.25. The lowest BCUT2D eigenvalue weighted by molar-refractivity contribution is 0.0330. The van der Waals surface area contributed by atoms with Crippen molar-refractivity contribution in [2.75, 3.05) is 13.2 Å². The van der Waals surface area contributed by atoms with Gasteiger partial charge < -0.3 is 9.84 Å². The Labute approximate surface area is 98.3 Å². The van der Waals surface area contributed by atoms with Crippen molar-refractivity contribution in [2.45, 2.75) is 39.2 Å². The van der Waals surface area contributed by atoms with Gasteiger partial charge in [0.05, 0.1) is 12.7 Å². The van der Waals surface area contributed by atoms with Crippen LogP contribution >= 0.6 is 0 Å². The Bertz CT molecular complexity index is 279. The van der Waals surface area contributed by atoms with E-state index in [2.05, 4.69) is 38.1 Å². The first kappa shape index (κ1) is 13.2. The molecule has 1 unspecified atom stereocenters. The highest BCUT2D eigenvalue weighted by atomic mass is 16.5. The highest BCUT2D eigenvalue weighted by Gasteiger charge is 2.04. The first-order chi connectivity index (χ1) is 7.72. The molecule has 1 aromatic carbocycles. The van der Waals surface area contributed by atoms with E-state index in [9.17, 15) is 5.11 Å². The van der Waals surface area contributed by atoms with Gasteiger partial charge in [0.25, 0.3) is 0 Å². The van der Waals surface area contributed by atoms with Crippen LogP contribution in [0.4, 0.5) is 0 Å². The summed E-state index contributed by atoms with van der Waals surface area (Å²) in [4.78, 5) is 0. The summed E-state index contributed by atoms with van der Waals surface area (Å²) in [5.74, 6) is 0. The van der Waals surface area contributed by atoms with Gasteiger partial charge in [0.2, 0.25) is 0 Å². The van der Waals surface area contributed by atoms with Gasteiger partial charge in [-0.25, -0.2) is 0 Å². The molecule has 0 heterocycles. The lowest BCUT2D eigenvalue weighted by Gasteiger charge is -2.10. The van der Waals surface area contributed by atoms with Gasteiger partial charge in [-0.2, -0.15) is 0 Å². The Balaban J connectivity index is 2.20. The van der Waals surface area contributed by atoms with Crippen LogP contribution in [0.15, 0.2) is 24.3 Å². The highest BCUT2D eigenvalue weighted by Crippen LogP contribution is 2.07. The van der Waals surface area contributed by atoms with Crippen LogP contribution in [0.5, 0.6) is 0 Å². The lowest BCUT2D eigenvalue weighted by atomic mass is 10.1. The number of rotatable bonds is 7. The minimum Gasteiger partial charge on any atom is -0.391 e. The zero-order chi connectivity index (χ0) is 11.8. The van der Waals surface area contributed by atoms with Crippen molar-refractivity contribution in [3.8, 4) is 0 Å². The summed E-state index contributed by atoms with van der Waals surface area (Å²) in [6.45, 7) is 5.34. The third-order valence-corrected chi connectivity index (χ3v) is 2.55. The minimum atomic E-state index is -0.340. The highest BCUT2D eigenvalue weighted by molar-refractivity contribution is 5.21. The van der Waals surface area contributed by atoms with Gasteiger partial charge in [0.15, 0.2) is 0 Å². The Kier molecular flexibility index (Phi) is 6.12. The number of benzene rings is 1. The molecule has 0 aliphatic carbocycles. The Morgan fingerprint density at radius 2 is 1.94 bits per heavy atom. The molecule has 0 bridgehead atoms. The van der Waals surface area contributed by atoms with E-state index >= 15 is 0 Å². The van der Waals surface area contributed by atoms with Gasteiger partial charge in [0.1, 0.15) is 0 Å². The van der Waals surface area contributed by atoms with E-state index in [0.717, 1.165) is 25.9 Å². The maximum atomic E-state index is 9.67. The van der Waals surface area contributed by atoms with Crippen LogP contribution < -0.4 is 0 Å². The molecule has 1 atom stereocenters. The van der Waals surface area contributed by atoms with Crippen molar-refractivity contribution in [2.24, 2.45) is 0 Å². The van der Waals surface area contributed by atoms with E-state index in [4.69, 9.17) is 4.74 Å². The molecule has 90 valence electrons. The molecule has 2 nitrogen and oxygen atoms in total. The van der Waals surface area contributed by atoms with Gasteiger partial charge in [-0.15, -0.1) is 0 Å². The zero-order valence-electron chi connectivity index (χ0n) is 10.3. The molecule has 0 radical (unpaired) electrons. The van der Waals surface area contributed by atoms with E-state index in [1.807, 2.05) is 0 Å². The molecule has 0 saturated heterocycles. The average molecular weight is 222 g/mol. The van der Waals surface area contributed by atoms with Crippen molar-refractivity contribution < 1.29 is 9.84 Å². The monoisotopic (exact) mass is 222 g/mol. The molecule has 16 heavy (non-hydrogen) atoms. The SMILES string of the molecule is CCCOCC(O)CCc1ccc(C)cc1. The summed E-state index contributed by atoms with van der Waals surface area (Å²) in [7, 11) is 0. The number of ether oxygens (including phenoxy) is 1. The summed E-state index contributed by atoms with van der Waals surface area (Å²) >= 11 is 0. The fourth-order valence-electron chi connectivity index (χ4n) is 1.54. The molecular weight excluding hydrogens is 200 g/mol. The van der Waals surface area contributed by atoms with Crippen LogP contribution in [-0.4, -0.2) is 24.4 Å². The number of aliphatic hydroxyl groups excluding tert-OH is 1. The fraction of sp³-hybridized carbons (Fsp3) is 0.571. The van der Waals surface area contributed by atoms with E-state index in [1.54, 1.807) is 0 Å². The maximum absolute atomic E-state index is 9.67. The second kappa shape index (κ2) is 7.42.